The zero-order chi connectivity index (χ0) is 8.32. The molecule has 0 atom stereocenters. The van der Waals surface area contributed by atoms with E-state index >= 15 is 0 Å². The van der Waals surface area contributed by atoms with Crippen LogP contribution in [0.5, 0.6) is 0 Å². The lowest BCUT2D eigenvalue weighted by Crippen LogP contribution is -2.04. The Morgan fingerprint density at radius 2 is 2.27 bits per heavy atom. The van der Waals surface area contributed by atoms with Crippen LogP contribution in [0.1, 0.15) is 0 Å². The van der Waals surface area contributed by atoms with Crippen LogP contribution in [0.25, 0.3) is 0 Å². The summed E-state index contributed by atoms with van der Waals surface area (Å²) < 4.78 is -0.396. The van der Waals surface area contributed by atoms with Crippen molar-refractivity contribution >= 4 is 57.9 Å². The Hall–Kier alpha value is 0.780. The first-order chi connectivity index (χ1) is 5.08. The minimum atomic E-state index is -1.21. The SMILES string of the molecule is ClC(Cl)(Cl)CSc1nncs1. The monoisotopic (exact) mass is 248 g/mol. The fourth-order valence-corrected chi connectivity index (χ4v) is 2.11. The molecule has 0 aliphatic carbocycles. The van der Waals surface area contributed by atoms with Gasteiger partial charge in [0.05, 0.1) is 0 Å². The second-order valence-corrected chi connectivity index (χ2v) is 6.18. The maximum absolute atomic E-state index is 5.52. The zero-order valence-electron chi connectivity index (χ0n) is 5.13. The van der Waals surface area contributed by atoms with Crippen molar-refractivity contribution in [3.8, 4) is 0 Å². The van der Waals surface area contributed by atoms with Crippen molar-refractivity contribution in [3.63, 3.8) is 0 Å². The summed E-state index contributed by atoms with van der Waals surface area (Å²) >= 11 is 19.4. The molecule has 11 heavy (non-hydrogen) atoms. The average Bonchev–Trinajstić information content (AvgIpc) is 2.32. The highest BCUT2D eigenvalue weighted by atomic mass is 35.6. The van der Waals surface area contributed by atoms with Crippen molar-refractivity contribution < 1.29 is 0 Å². The molecule has 0 aromatic carbocycles. The van der Waals surface area contributed by atoms with Gasteiger partial charge in [0.15, 0.2) is 8.13 Å². The van der Waals surface area contributed by atoms with Crippen LogP contribution in [-0.2, 0) is 0 Å². The molecular weight excluding hydrogens is 247 g/mol. The molecule has 1 rings (SSSR count). The third kappa shape index (κ3) is 4.38. The van der Waals surface area contributed by atoms with Gasteiger partial charge >= 0.3 is 0 Å². The van der Waals surface area contributed by atoms with E-state index in [1.54, 1.807) is 5.51 Å². The first kappa shape index (κ1) is 9.86. The van der Waals surface area contributed by atoms with Crippen LogP contribution >= 0.6 is 57.9 Å². The molecule has 0 aliphatic rings. The topological polar surface area (TPSA) is 25.8 Å². The van der Waals surface area contributed by atoms with Crippen LogP contribution < -0.4 is 0 Å². The second-order valence-electron chi connectivity index (χ2n) is 1.61. The molecule has 7 heteroatoms. The lowest BCUT2D eigenvalue weighted by Gasteiger charge is -2.06. The van der Waals surface area contributed by atoms with Crippen molar-refractivity contribution in [2.24, 2.45) is 0 Å². The van der Waals surface area contributed by atoms with Crippen LogP contribution in [0, 0.1) is 0 Å². The summed E-state index contributed by atoms with van der Waals surface area (Å²) in [7, 11) is 0. The van der Waals surface area contributed by atoms with Crippen LogP contribution in [0.2, 0.25) is 0 Å². The minimum absolute atomic E-state index is 0.396. The summed E-state index contributed by atoms with van der Waals surface area (Å²) in [6.45, 7) is 0. The molecule has 0 amide bonds. The average molecular weight is 250 g/mol. The van der Waals surface area contributed by atoms with Crippen molar-refractivity contribution in [1.29, 1.82) is 0 Å². The van der Waals surface area contributed by atoms with E-state index in [-0.39, 0.29) is 0 Å². The molecule has 1 aromatic rings. The zero-order valence-corrected chi connectivity index (χ0v) is 9.03. The number of hydrogen-bond acceptors (Lipinski definition) is 4. The maximum atomic E-state index is 5.52. The molecule has 62 valence electrons. The van der Waals surface area contributed by atoms with Gasteiger partial charge in [0, 0.05) is 5.75 Å². The molecule has 0 saturated heterocycles. The number of rotatable bonds is 2. The first-order valence-corrected chi connectivity index (χ1v) is 5.53. The molecule has 2 nitrogen and oxygen atoms in total. The van der Waals surface area contributed by atoms with Crippen LogP contribution in [-0.4, -0.2) is 19.7 Å². The highest BCUT2D eigenvalue weighted by Crippen LogP contribution is 2.33. The molecule has 0 unspecified atom stereocenters. The lowest BCUT2D eigenvalue weighted by atomic mass is 10.9. The van der Waals surface area contributed by atoms with E-state index in [0.29, 0.717) is 5.75 Å². The molecule has 0 saturated carbocycles. The maximum Gasteiger partial charge on any atom is 0.199 e. The summed E-state index contributed by atoms with van der Waals surface area (Å²) in [5, 5.41) is 7.42. The Morgan fingerprint density at radius 3 is 2.73 bits per heavy atom. The molecule has 1 aromatic heterocycles. The quantitative estimate of drug-likeness (QED) is 0.595. The van der Waals surface area contributed by atoms with Gasteiger partial charge in [-0.3, -0.25) is 0 Å². The van der Waals surface area contributed by atoms with Gasteiger partial charge in [-0.25, -0.2) is 0 Å². The van der Waals surface area contributed by atoms with E-state index in [1.165, 1.54) is 23.1 Å². The molecule has 0 radical (unpaired) electrons. The van der Waals surface area contributed by atoms with E-state index in [9.17, 15) is 0 Å². The smallest absolute Gasteiger partial charge is 0.146 e. The molecule has 0 spiro atoms. The summed E-state index contributed by atoms with van der Waals surface area (Å²) in [4.78, 5) is 0. The van der Waals surface area contributed by atoms with E-state index in [4.69, 9.17) is 34.8 Å². The standard InChI is InChI=1S/C4H3Cl3N2S2/c5-4(6,7)1-10-3-9-8-2-11-3/h2H,1H2. The highest BCUT2D eigenvalue weighted by molar-refractivity contribution is 8.01. The van der Waals surface area contributed by atoms with Gasteiger partial charge in [0.2, 0.25) is 0 Å². The normalized spacial score (nSPS) is 11.9. The third-order valence-corrected chi connectivity index (χ3v) is 3.61. The van der Waals surface area contributed by atoms with Crippen LogP contribution in [0.4, 0.5) is 0 Å². The van der Waals surface area contributed by atoms with Gasteiger partial charge in [0.1, 0.15) is 5.51 Å². The lowest BCUT2D eigenvalue weighted by molar-refractivity contribution is 1.01. The summed E-state index contributed by atoms with van der Waals surface area (Å²) in [5.41, 5.74) is 1.64. The van der Waals surface area contributed by atoms with Crippen LogP contribution in [0.15, 0.2) is 9.85 Å². The molecule has 0 aliphatic heterocycles. The number of halogens is 3. The van der Waals surface area contributed by atoms with Gasteiger partial charge in [-0.05, 0) is 0 Å². The molecule has 1 heterocycles. The fourth-order valence-electron chi connectivity index (χ4n) is 0.369. The minimum Gasteiger partial charge on any atom is -0.146 e. The highest BCUT2D eigenvalue weighted by Gasteiger charge is 2.20. The Bertz CT molecular complexity index is 208. The second kappa shape index (κ2) is 4.14. The van der Waals surface area contributed by atoms with E-state index in [0.717, 1.165) is 4.34 Å². The first-order valence-electron chi connectivity index (χ1n) is 2.53. The Kier molecular flexibility index (Phi) is 3.71. The number of nitrogens with zero attached hydrogens (tertiary/aromatic N) is 2. The van der Waals surface area contributed by atoms with Crippen molar-refractivity contribution in [2.45, 2.75) is 8.13 Å². The number of alkyl halides is 3. The molecule has 0 bridgehead atoms. The third-order valence-electron chi connectivity index (χ3n) is 0.699. The van der Waals surface area contributed by atoms with Gasteiger partial charge < -0.3 is 0 Å². The van der Waals surface area contributed by atoms with Crippen molar-refractivity contribution in [2.75, 3.05) is 5.75 Å². The fraction of sp³-hybridized carbons (Fsp3) is 0.500. The Morgan fingerprint density at radius 1 is 1.55 bits per heavy atom. The summed E-state index contributed by atoms with van der Waals surface area (Å²) in [5.74, 6) is 0.396. The number of aromatic nitrogens is 2. The Balaban J connectivity index is 2.35. The molecule has 0 fully saturated rings. The van der Waals surface area contributed by atoms with Gasteiger partial charge in [-0.15, -0.1) is 10.2 Å². The summed E-state index contributed by atoms with van der Waals surface area (Å²) in [6, 6.07) is 0. The van der Waals surface area contributed by atoms with Crippen molar-refractivity contribution in [1.82, 2.24) is 10.2 Å². The van der Waals surface area contributed by atoms with Crippen LogP contribution in [0.3, 0.4) is 0 Å². The molecular formula is C4H3Cl3N2S2. The van der Waals surface area contributed by atoms with Gasteiger partial charge in [-0.2, -0.15) is 0 Å². The number of hydrogen-bond donors (Lipinski definition) is 0. The Labute approximate surface area is 87.2 Å². The van der Waals surface area contributed by atoms with E-state index in [1.807, 2.05) is 0 Å². The molecule has 0 N–H and O–H groups in total. The predicted octanol–water partition coefficient (Wildman–Crippen LogP) is 3.00. The number of thioether (sulfide) groups is 1. The predicted molar refractivity (Wildman–Crippen MR) is 50.9 cm³/mol. The van der Waals surface area contributed by atoms with Gasteiger partial charge in [0.25, 0.3) is 0 Å². The van der Waals surface area contributed by atoms with E-state index in [2.05, 4.69) is 10.2 Å². The summed E-state index contributed by atoms with van der Waals surface area (Å²) in [6.07, 6.45) is 0. The largest absolute Gasteiger partial charge is 0.199 e. The van der Waals surface area contributed by atoms with E-state index < -0.39 is 3.79 Å². The van der Waals surface area contributed by atoms with Gasteiger partial charge in [-0.1, -0.05) is 57.9 Å². The van der Waals surface area contributed by atoms with Crippen molar-refractivity contribution in [3.05, 3.63) is 5.51 Å².